The molecule has 0 spiro atoms. The Bertz CT molecular complexity index is 1000. The molecule has 0 aliphatic carbocycles. The highest BCUT2D eigenvalue weighted by Gasteiger charge is 2.21. The fourth-order valence-electron chi connectivity index (χ4n) is 3.29. The van der Waals surface area contributed by atoms with E-state index in [-0.39, 0.29) is 18.2 Å². The molecule has 2 amide bonds. The summed E-state index contributed by atoms with van der Waals surface area (Å²) in [6.45, 7) is 0.396. The predicted molar refractivity (Wildman–Crippen MR) is 124 cm³/mol. The number of methoxy groups -OCH3 is 2. The molecule has 0 radical (unpaired) electrons. The number of carbonyl (C=O) groups excluding carboxylic acids is 2. The lowest BCUT2D eigenvalue weighted by Gasteiger charge is -2.19. The fraction of sp³-hybridized carbons (Fsp3) is 0.231. The van der Waals surface area contributed by atoms with Gasteiger partial charge in [-0.3, -0.25) is 9.59 Å². The summed E-state index contributed by atoms with van der Waals surface area (Å²) in [6.07, 6.45) is 0.550. The van der Waals surface area contributed by atoms with Gasteiger partial charge in [-0.05, 0) is 41.0 Å². The van der Waals surface area contributed by atoms with Crippen molar-refractivity contribution in [2.75, 3.05) is 14.2 Å². The SMILES string of the molecule is COc1ccc(CC(=O)NC(Cc2ccc(OC)cc2)C(=O)NCc2ccccc2)cc1. The van der Waals surface area contributed by atoms with E-state index in [2.05, 4.69) is 10.6 Å². The zero-order valence-electron chi connectivity index (χ0n) is 18.3. The van der Waals surface area contributed by atoms with Gasteiger partial charge in [0.2, 0.25) is 11.8 Å². The first-order chi connectivity index (χ1) is 15.6. The van der Waals surface area contributed by atoms with E-state index in [0.29, 0.717) is 13.0 Å². The van der Waals surface area contributed by atoms with Crippen LogP contribution in [0.5, 0.6) is 11.5 Å². The summed E-state index contributed by atoms with van der Waals surface area (Å²) in [5, 5.41) is 5.83. The van der Waals surface area contributed by atoms with E-state index in [1.807, 2.05) is 78.9 Å². The molecule has 2 N–H and O–H groups in total. The van der Waals surface area contributed by atoms with Crippen molar-refractivity contribution in [3.63, 3.8) is 0 Å². The lowest BCUT2D eigenvalue weighted by molar-refractivity contribution is -0.128. The molecule has 1 atom stereocenters. The molecule has 0 saturated heterocycles. The zero-order valence-corrected chi connectivity index (χ0v) is 18.3. The van der Waals surface area contributed by atoms with E-state index in [4.69, 9.17) is 9.47 Å². The van der Waals surface area contributed by atoms with Crippen LogP contribution in [0.4, 0.5) is 0 Å². The van der Waals surface area contributed by atoms with Gasteiger partial charge in [-0.15, -0.1) is 0 Å². The largest absolute Gasteiger partial charge is 0.497 e. The van der Waals surface area contributed by atoms with Crippen LogP contribution in [0, 0.1) is 0 Å². The van der Waals surface area contributed by atoms with Crippen molar-refractivity contribution in [2.24, 2.45) is 0 Å². The van der Waals surface area contributed by atoms with Crippen molar-refractivity contribution < 1.29 is 19.1 Å². The quantitative estimate of drug-likeness (QED) is 0.516. The van der Waals surface area contributed by atoms with Crippen LogP contribution in [-0.2, 0) is 29.0 Å². The van der Waals surface area contributed by atoms with Gasteiger partial charge in [-0.25, -0.2) is 0 Å². The van der Waals surface area contributed by atoms with E-state index in [1.54, 1.807) is 14.2 Å². The summed E-state index contributed by atoms with van der Waals surface area (Å²) in [6, 6.07) is 23.7. The number of carbonyl (C=O) groups is 2. The van der Waals surface area contributed by atoms with E-state index in [0.717, 1.165) is 28.2 Å². The Morgan fingerprint density at radius 3 is 1.88 bits per heavy atom. The van der Waals surface area contributed by atoms with E-state index in [1.165, 1.54) is 0 Å². The molecule has 0 saturated carbocycles. The van der Waals surface area contributed by atoms with Gasteiger partial charge in [0, 0.05) is 13.0 Å². The van der Waals surface area contributed by atoms with Crippen LogP contribution in [0.15, 0.2) is 78.9 Å². The third kappa shape index (κ3) is 6.87. The molecule has 0 aromatic heterocycles. The Hall–Kier alpha value is -3.80. The maximum Gasteiger partial charge on any atom is 0.243 e. The lowest BCUT2D eigenvalue weighted by Crippen LogP contribution is -2.48. The smallest absolute Gasteiger partial charge is 0.243 e. The molecule has 1 unspecified atom stereocenters. The second-order valence-corrected chi connectivity index (χ2v) is 7.40. The monoisotopic (exact) mass is 432 g/mol. The van der Waals surface area contributed by atoms with Crippen LogP contribution in [0.25, 0.3) is 0 Å². The van der Waals surface area contributed by atoms with Gasteiger partial charge in [-0.2, -0.15) is 0 Å². The Morgan fingerprint density at radius 2 is 1.31 bits per heavy atom. The van der Waals surface area contributed by atoms with Crippen molar-refractivity contribution in [2.45, 2.75) is 25.4 Å². The summed E-state index contributed by atoms with van der Waals surface area (Å²) in [4.78, 5) is 25.7. The molecule has 166 valence electrons. The fourth-order valence-corrected chi connectivity index (χ4v) is 3.29. The topological polar surface area (TPSA) is 76.7 Å². The maximum absolute atomic E-state index is 12.9. The second-order valence-electron chi connectivity index (χ2n) is 7.40. The third-order valence-electron chi connectivity index (χ3n) is 5.08. The molecule has 0 aliphatic rings. The summed E-state index contributed by atoms with van der Waals surface area (Å²) in [7, 11) is 3.20. The Kier molecular flexibility index (Phi) is 8.26. The summed E-state index contributed by atoms with van der Waals surface area (Å²) in [5.41, 5.74) is 2.76. The standard InChI is InChI=1S/C26H28N2O4/c1-31-22-12-8-19(9-13-22)16-24(26(30)27-18-21-6-4-3-5-7-21)28-25(29)17-20-10-14-23(32-2)15-11-20/h3-15,24H,16-18H2,1-2H3,(H,27,30)(H,28,29). The van der Waals surface area contributed by atoms with Crippen LogP contribution < -0.4 is 20.1 Å². The first-order valence-corrected chi connectivity index (χ1v) is 10.4. The van der Waals surface area contributed by atoms with Crippen LogP contribution >= 0.6 is 0 Å². The number of hydrogen-bond donors (Lipinski definition) is 2. The van der Waals surface area contributed by atoms with Crippen molar-refractivity contribution in [1.29, 1.82) is 0 Å². The normalized spacial score (nSPS) is 11.3. The van der Waals surface area contributed by atoms with Crippen LogP contribution in [0.1, 0.15) is 16.7 Å². The molecule has 0 aliphatic heterocycles. The van der Waals surface area contributed by atoms with E-state index in [9.17, 15) is 9.59 Å². The molecule has 0 bridgehead atoms. The van der Waals surface area contributed by atoms with Gasteiger partial charge < -0.3 is 20.1 Å². The molecular weight excluding hydrogens is 404 g/mol. The van der Waals surface area contributed by atoms with Gasteiger partial charge >= 0.3 is 0 Å². The number of rotatable bonds is 10. The molecular formula is C26H28N2O4. The van der Waals surface area contributed by atoms with Crippen molar-refractivity contribution in [1.82, 2.24) is 10.6 Å². The average molecular weight is 433 g/mol. The van der Waals surface area contributed by atoms with Crippen LogP contribution in [0.2, 0.25) is 0 Å². The third-order valence-corrected chi connectivity index (χ3v) is 5.08. The number of nitrogens with one attached hydrogen (secondary N) is 2. The Morgan fingerprint density at radius 1 is 0.750 bits per heavy atom. The molecule has 3 rings (SSSR count). The van der Waals surface area contributed by atoms with Crippen LogP contribution in [-0.4, -0.2) is 32.1 Å². The second kappa shape index (κ2) is 11.6. The van der Waals surface area contributed by atoms with Gasteiger partial charge in [0.05, 0.1) is 20.6 Å². The van der Waals surface area contributed by atoms with Crippen molar-refractivity contribution in [3.05, 3.63) is 95.6 Å². The van der Waals surface area contributed by atoms with Gasteiger partial charge in [-0.1, -0.05) is 54.6 Å². The van der Waals surface area contributed by atoms with Crippen LogP contribution in [0.3, 0.4) is 0 Å². The number of amides is 2. The van der Waals surface area contributed by atoms with Gasteiger partial charge in [0.15, 0.2) is 0 Å². The Labute approximate surface area is 188 Å². The minimum absolute atomic E-state index is 0.176. The Balaban J connectivity index is 1.67. The van der Waals surface area contributed by atoms with Crippen molar-refractivity contribution >= 4 is 11.8 Å². The highest BCUT2D eigenvalue weighted by atomic mass is 16.5. The first-order valence-electron chi connectivity index (χ1n) is 10.4. The van der Waals surface area contributed by atoms with E-state index >= 15 is 0 Å². The van der Waals surface area contributed by atoms with Gasteiger partial charge in [0.1, 0.15) is 17.5 Å². The first kappa shape index (κ1) is 22.9. The molecule has 3 aromatic carbocycles. The minimum atomic E-state index is -0.696. The van der Waals surface area contributed by atoms with Gasteiger partial charge in [0.25, 0.3) is 0 Å². The summed E-state index contributed by atoms with van der Waals surface area (Å²) >= 11 is 0. The highest BCUT2D eigenvalue weighted by Crippen LogP contribution is 2.14. The molecule has 0 fully saturated rings. The number of hydrogen-bond acceptors (Lipinski definition) is 4. The predicted octanol–water partition coefficient (Wildman–Crippen LogP) is 3.29. The molecule has 3 aromatic rings. The summed E-state index contributed by atoms with van der Waals surface area (Å²) in [5.74, 6) is 1.02. The molecule has 6 nitrogen and oxygen atoms in total. The number of benzene rings is 3. The zero-order chi connectivity index (χ0) is 22.8. The molecule has 6 heteroatoms. The lowest BCUT2D eigenvalue weighted by atomic mass is 10.0. The minimum Gasteiger partial charge on any atom is -0.497 e. The van der Waals surface area contributed by atoms with E-state index < -0.39 is 6.04 Å². The highest BCUT2D eigenvalue weighted by molar-refractivity contribution is 5.88. The average Bonchev–Trinajstić information content (AvgIpc) is 2.83. The summed E-state index contributed by atoms with van der Waals surface area (Å²) < 4.78 is 10.4. The molecule has 0 heterocycles. The molecule has 32 heavy (non-hydrogen) atoms. The number of ether oxygens (including phenoxy) is 2. The van der Waals surface area contributed by atoms with Crippen molar-refractivity contribution in [3.8, 4) is 11.5 Å². The maximum atomic E-state index is 12.9.